The van der Waals surface area contributed by atoms with E-state index in [-0.39, 0.29) is 19.1 Å². The van der Waals surface area contributed by atoms with Crippen molar-refractivity contribution in [3.63, 3.8) is 0 Å². The minimum atomic E-state index is -0.469. The van der Waals surface area contributed by atoms with Gasteiger partial charge in [0.15, 0.2) is 13.2 Å². The zero-order chi connectivity index (χ0) is 22.4. The molecule has 0 atom stereocenters. The maximum absolute atomic E-state index is 12.1. The molecule has 0 spiro atoms. The van der Waals surface area contributed by atoms with Crippen molar-refractivity contribution in [2.24, 2.45) is 0 Å². The van der Waals surface area contributed by atoms with Crippen LogP contribution in [0.25, 0.3) is 10.8 Å². The van der Waals surface area contributed by atoms with Gasteiger partial charge < -0.3 is 9.47 Å². The molecule has 0 radical (unpaired) electrons. The summed E-state index contributed by atoms with van der Waals surface area (Å²) in [5.41, 5.74) is 6.70. The second kappa shape index (κ2) is 10.3. The van der Waals surface area contributed by atoms with Crippen LogP contribution < -0.4 is 20.3 Å². The maximum atomic E-state index is 12.1. The van der Waals surface area contributed by atoms with E-state index in [1.807, 2.05) is 55.5 Å². The Balaban J connectivity index is 1.49. The van der Waals surface area contributed by atoms with Crippen LogP contribution in [-0.4, -0.2) is 25.0 Å². The van der Waals surface area contributed by atoms with Crippen molar-refractivity contribution in [2.45, 2.75) is 26.7 Å². The molecule has 0 aliphatic carbocycles. The molecule has 6 nitrogen and oxygen atoms in total. The average Bonchev–Trinajstić information content (AvgIpc) is 2.76. The fourth-order valence-electron chi connectivity index (χ4n) is 3.07. The van der Waals surface area contributed by atoms with Gasteiger partial charge in [-0.2, -0.15) is 0 Å². The molecule has 0 aliphatic heterocycles. The first-order valence-electron chi connectivity index (χ1n) is 9.96. The molecule has 0 saturated carbocycles. The highest BCUT2D eigenvalue weighted by molar-refractivity contribution is 9.10. The number of aryl methyl sites for hydroxylation is 1. The van der Waals surface area contributed by atoms with Gasteiger partial charge >= 0.3 is 0 Å². The van der Waals surface area contributed by atoms with Crippen molar-refractivity contribution in [1.82, 2.24) is 10.9 Å². The van der Waals surface area contributed by atoms with Gasteiger partial charge in [0.05, 0.1) is 0 Å². The average molecular weight is 485 g/mol. The van der Waals surface area contributed by atoms with Gasteiger partial charge in [0.25, 0.3) is 11.8 Å². The Morgan fingerprint density at radius 3 is 2.19 bits per heavy atom. The highest BCUT2D eigenvalue weighted by Crippen LogP contribution is 2.32. The lowest BCUT2D eigenvalue weighted by atomic mass is 10.0. The Kier molecular flexibility index (Phi) is 7.52. The van der Waals surface area contributed by atoms with Crippen molar-refractivity contribution < 1.29 is 19.1 Å². The Morgan fingerprint density at radius 1 is 0.903 bits per heavy atom. The number of halogens is 1. The molecule has 0 bridgehead atoms. The number of hydrazine groups is 1. The van der Waals surface area contributed by atoms with Gasteiger partial charge in [-0.15, -0.1) is 0 Å². The molecular formula is C24H25BrN2O4. The van der Waals surface area contributed by atoms with Gasteiger partial charge in [-0.05, 0) is 47.6 Å². The van der Waals surface area contributed by atoms with Crippen molar-refractivity contribution in [2.75, 3.05) is 13.2 Å². The molecule has 0 saturated heterocycles. The zero-order valence-electron chi connectivity index (χ0n) is 17.7. The summed E-state index contributed by atoms with van der Waals surface area (Å²) in [6.45, 7) is 5.63. The van der Waals surface area contributed by atoms with Crippen molar-refractivity contribution >= 4 is 38.5 Å². The number of ether oxygens (including phenoxy) is 2. The molecule has 2 N–H and O–H groups in total. The predicted octanol–water partition coefficient (Wildman–Crippen LogP) is 4.64. The number of nitrogens with one attached hydrogen (secondary N) is 2. The van der Waals surface area contributed by atoms with Crippen LogP contribution in [0.4, 0.5) is 0 Å². The molecule has 0 aliphatic rings. The number of amides is 2. The maximum Gasteiger partial charge on any atom is 0.276 e. The lowest BCUT2D eigenvalue weighted by Gasteiger charge is -2.16. The summed E-state index contributed by atoms with van der Waals surface area (Å²) >= 11 is 3.52. The highest BCUT2D eigenvalue weighted by atomic mass is 79.9. The van der Waals surface area contributed by atoms with Crippen LogP contribution in [0.3, 0.4) is 0 Å². The molecule has 0 heterocycles. The molecular weight excluding hydrogens is 460 g/mol. The van der Waals surface area contributed by atoms with Crippen LogP contribution in [0.15, 0.2) is 59.1 Å². The van der Waals surface area contributed by atoms with E-state index in [1.165, 1.54) is 0 Å². The quantitative estimate of drug-likeness (QED) is 0.479. The number of hydrogen-bond donors (Lipinski definition) is 2. The molecule has 3 aromatic rings. The molecule has 162 valence electrons. The number of carbonyl (C=O) groups is 2. The van der Waals surface area contributed by atoms with Crippen molar-refractivity contribution in [3.05, 3.63) is 70.2 Å². The topological polar surface area (TPSA) is 76.7 Å². The number of rotatable bonds is 7. The monoisotopic (exact) mass is 484 g/mol. The third kappa shape index (κ3) is 5.98. The van der Waals surface area contributed by atoms with Gasteiger partial charge in [-0.25, -0.2) is 0 Å². The van der Waals surface area contributed by atoms with Gasteiger partial charge in [-0.3, -0.25) is 20.4 Å². The largest absolute Gasteiger partial charge is 0.483 e. The molecule has 31 heavy (non-hydrogen) atoms. The minimum absolute atomic E-state index is 0.217. The Labute approximate surface area is 190 Å². The van der Waals surface area contributed by atoms with E-state index in [0.29, 0.717) is 11.5 Å². The van der Waals surface area contributed by atoms with E-state index in [2.05, 4.69) is 40.6 Å². The second-order valence-corrected chi connectivity index (χ2v) is 8.30. The van der Waals surface area contributed by atoms with E-state index in [0.717, 1.165) is 26.4 Å². The van der Waals surface area contributed by atoms with Gasteiger partial charge in [0, 0.05) is 9.86 Å². The first-order valence-corrected chi connectivity index (χ1v) is 10.8. The fraction of sp³-hybridized carbons (Fsp3) is 0.250. The minimum Gasteiger partial charge on any atom is -0.483 e. The van der Waals surface area contributed by atoms with Gasteiger partial charge in [-0.1, -0.05) is 66.2 Å². The molecule has 3 rings (SSSR count). The zero-order valence-corrected chi connectivity index (χ0v) is 19.3. The first kappa shape index (κ1) is 22.6. The first-order chi connectivity index (χ1) is 14.8. The molecule has 2 amide bonds. The smallest absolute Gasteiger partial charge is 0.276 e. The van der Waals surface area contributed by atoms with Crippen LogP contribution in [-0.2, 0) is 9.59 Å². The molecule has 0 fully saturated rings. The van der Waals surface area contributed by atoms with Crippen LogP contribution >= 0.6 is 15.9 Å². The summed E-state index contributed by atoms with van der Waals surface area (Å²) in [6, 6.07) is 17.3. The van der Waals surface area contributed by atoms with Gasteiger partial charge in [0.1, 0.15) is 11.5 Å². The summed E-state index contributed by atoms with van der Waals surface area (Å²) in [4.78, 5) is 24.2. The molecule has 7 heteroatoms. The van der Waals surface area contributed by atoms with E-state index < -0.39 is 11.8 Å². The van der Waals surface area contributed by atoms with Crippen molar-refractivity contribution in [3.8, 4) is 11.5 Å². The Bertz CT molecular complexity index is 1090. The summed E-state index contributed by atoms with van der Waals surface area (Å²) in [7, 11) is 0. The van der Waals surface area contributed by atoms with E-state index >= 15 is 0 Å². The number of benzene rings is 3. The Hall–Kier alpha value is -3.06. The normalized spacial score (nSPS) is 10.7. The van der Waals surface area contributed by atoms with E-state index in [9.17, 15) is 9.59 Å². The number of fused-ring (bicyclic) bond motifs is 1. The summed E-state index contributed by atoms with van der Waals surface area (Å²) in [5.74, 6) is 0.560. The van der Waals surface area contributed by atoms with E-state index in [4.69, 9.17) is 9.47 Å². The highest BCUT2D eigenvalue weighted by Gasteiger charge is 2.13. The SMILES string of the molecule is Cc1cc(OCC(=O)NNC(=O)COc2cccc3ccccc23)c(C(C)C)cc1Br. The lowest BCUT2D eigenvalue weighted by molar-refractivity contribution is -0.131. The van der Waals surface area contributed by atoms with Crippen LogP contribution in [0, 0.1) is 6.92 Å². The fourth-order valence-corrected chi connectivity index (χ4v) is 3.43. The standard InChI is InChI=1S/C24H25BrN2O4/c1-15(2)19-12-20(25)16(3)11-22(19)31-14-24(29)27-26-23(28)13-30-21-10-6-8-17-7-4-5-9-18(17)21/h4-12,15H,13-14H2,1-3H3,(H,26,28)(H,27,29). The Morgan fingerprint density at radius 2 is 1.52 bits per heavy atom. The van der Waals surface area contributed by atoms with Crippen LogP contribution in [0.5, 0.6) is 11.5 Å². The molecule has 0 aromatic heterocycles. The van der Waals surface area contributed by atoms with Gasteiger partial charge in [0.2, 0.25) is 0 Å². The lowest BCUT2D eigenvalue weighted by Crippen LogP contribution is -2.45. The van der Waals surface area contributed by atoms with E-state index in [1.54, 1.807) is 6.07 Å². The molecule has 0 unspecified atom stereocenters. The van der Waals surface area contributed by atoms with Crippen molar-refractivity contribution in [1.29, 1.82) is 0 Å². The summed E-state index contributed by atoms with van der Waals surface area (Å²) in [5, 5.41) is 1.94. The second-order valence-electron chi connectivity index (χ2n) is 7.44. The number of carbonyl (C=O) groups excluding carboxylic acids is 2. The number of hydrogen-bond acceptors (Lipinski definition) is 4. The van der Waals surface area contributed by atoms with Crippen LogP contribution in [0.1, 0.15) is 30.9 Å². The third-order valence-corrected chi connectivity index (χ3v) is 5.58. The third-order valence-electron chi connectivity index (χ3n) is 4.72. The summed E-state index contributed by atoms with van der Waals surface area (Å²) in [6.07, 6.45) is 0. The summed E-state index contributed by atoms with van der Waals surface area (Å²) < 4.78 is 12.3. The molecule has 3 aromatic carbocycles. The van der Waals surface area contributed by atoms with Crippen LogP contribution in [0.2, 0.25) is 0 Å². The predicted molar refractivity (Wildman–Crippen MR) is 124 cm³/mol.